The van der Waals surface area contributed by atoms with Crippen molar-refractivity contribution < 1.29 is 0 Å². The first-order chi connectivity index (χ1) is 7.66. The lowest BCUT2D eigenvalue weighted by Gasteiger charge is -2.39. The quantitative estimate of drug-likeness (QED) is 0.774. The standard InChI is InChI=1S/C14H29N3/c1-8-9-16-14(6,10-15)11-17(7)12(2)13(3,4)5/h12,16H,8-9,11H2,1-7H3. The molecule has 0 spiro atoms. The number of nitriles is 1. The SMILES string of the molecule is CCCNC(C)(C#N)CN(C)C(C)C(C)(C)C. The predicted octanol–water partition coefficient (Wildman–Crippen LogP) is 2.63. The van der Waals surface area contributed by atoms with E-state index in [-0.39, 0.29) is 5.41 Å². The van der Waals surface area contributed by atoms with Gasteiger partial charge < -0.3 is 4.90 Å². The molecule has 2 unspecified atom stereocenters. The van der Waals surface area contributed by atoms with Crippen LogP contribution < -0.4 is 5.32 Å². The van der Waals surface area contributed by atoms with E-state index in [4.69, 9.17) is 0 Å². The zero-order valence-electron chi connectivity index (χ0n) is 12.6. The summed E-state index contributed by atoms with van der Waals surface area (Å²) in [5.74, 6) is 0. The van der Waals surface area contributed by atoms with Gasteiger partial charge in [-0.2, -0.15) is 5.26 Å². The van der Waals surface area contributed by atoms with E-state index in [1.54, 1.807) is 0 Å². The molecule has 0 amide bonds. The molecule has 17 heavy (non-hydrogen) atoms. The lowest BCUT2D eigenvalue weighted by atomic mass is 9.86. The molecule has 0 bridgehead atoms. The molecule has 1 N–H and O–H groups in total. The average Bonchev–Trinajstić information content (AvgIpc) is 2.24. The lowest BCUT2D eigenvalue weighted by Crippen LogP contribution is -2.53. The summed E-state index contributed by atoms with van der Waals surface area (Å²) in [6, 6.07) is 2.84. The fraction of sp³-hybridized carbons (Fsp3) is 0.929. The minimum absolute atomic E-state index is 0.232. The van der Waals surface area contributed by atoms with Crippen molar-refractivity contribution >= 4 is 0 Å². The van der Waals surface area contributed by atoms with Crippen LogP contribution in [0.4, 0.5) is 0 Å². The monoisotopic (exact) mass is 239 g/mol. The van der Waals surface area contributed by atoms with Crippen LogP contribution in [0.3, 0.4) is 0 Å². The summed E-state index contributed by atoms with van der Waals surface area (Å²) in [5, 5.41) is 12.6. The number of nitrogens with one attached hydrogen (secondary N) is 1. The van der Waals surface area contributed by atoms with E-state index in [1.807, 2.05) is 6.92 Å². The molecule has 0 heterocycles. The Morgan fingerprint density at radius 2 is 1.82 bits per heavy atom. The summed E-state index contributed by atoms with van der Waals surface area (Å²) in [7, 11) is 2.10. The molecule has 3 nitrogen and oxygen atoms in total. The molecule has 0 saturated heterocycles. The van der Waals surface area contributed by atoms with Crippen LogP contribution >= 0.6 is 0 Å². The fourth-order valence-electron chi connectivity index (χ4n) is 1.83. The van der Waals surface area contributed by atoms with Gasteiger partial charge in [-0.05, 0) is 39.3 Å². The van der Waals surface area contributed by atoms with Crippen molar-refractivity contribution in [3.63, 3.8) is 0 Å². The van der Waals surface area contributed by atoms with Crippen molar-refractivity contribution in [1.29, 1.82) is 5.26 Å². The van der Waals surface area contributed by atoms with E-state index in [1.165, 1.54) is 0 Å². The number of nitrogens with zero attached hydrogens (tertiary/aromatic N) is 2. The van der Waals surface area contributed by atoms with E-state index in [0.29, 0.717) is 6.04 Å². The van der Waals surface area contributed by atoms with Crippen molar-refractivity contribution in [3.8, 4) is 6.07 Å². The Balaban J connectivity index is 4.53. The van der Waals surface area contributed by atoms with Crippen molar-refractivity contribution in [3.05, 3.63) is 0 Å². The molecular formula is C14H29N3. The van der Waals surface area contributed by atoms with Crippen LogP contribution in [0.15, 0.2) is 0 Å². The van der Waals surface area contributed by atoms with Crippen LogP contribution in [-0.4, -0.2) is 36.6 Å². The molecule has 0 aliphatic rings. The third-order valence-electron chi connectivity index (χ3n) is 3.49. The maximum Gasteiger partial charge on any atom is 0.116 e. The molecule has 100 valence electrons. The molecule has 0 aromatic rings. The smallest absolute Gasteiger partial charge is 0.116 e. The summed E-state index contributed by atoms with van der Waals surface area (Å²) in [4.78, 5) is 2.27. The minimum Gasteiger partial charge on any atom is -0.300 e. The van der Waals surface area contributed by atoms with Gasteiger partial charge in [0.2, 0.25) is 0 Å². The maximum absolute atomic E-state index is 9.31. The van der Waals surface area contributed by atoms with Crippen molar-refractivity contribution in [1.82, 2.24) is 10.2 Å². The summed E-state index contributed by atoms with van der Waals surface area (Å²) in [6.07, 6.45) is 1.05. The summed E-state index contributed by atoms with van der Waals surface area (Å²) >= 11 is 0. The predicted molar refractivity (Wildman–Crippen MR) is 73.9 cm³/mol. The Hall–Kier alpha value is -0.590. The van der Waals surface area contributed by atoms with Crippen LogP contribution in [0.25, 0.3) is 0 Å². The topological polar surface area (TPSA) is 39.1 Å². The average molecular weight is 239 g/mol. The molecule has 0 fully saturated rings. The van der Waals surface area contributed by atoms with Crippen LogP contribution in [0, 0.1) is 16.7 Å². The molecule has 0 aliphatic heterocycles. The summed E-state index contributed by atoms with van der Waals surface area (Å²) in [6.45, 7) is 14.7. The number of hydrogen-bond donors (Lipinski definition) is 1. The van der Waals surface area contributed by atoms with E-state index >= 15 is 0 Å². The zero-order valence-corrected chi connectivity index (χ0v) is 12.6. The number of rotatable bonds is 6. The van der Waals surface area contributed by atoms with Crippen LogP contribution in [0.1, 0.15) is 48.0 Å². The highest BCUT2D eigenvalue weighted by Crippen LogP contribution is 2.24. The number of hydrogen-bond acceptors (Lipinski definition) is 3. The van der Waals surface area contributed by atoms with Gasteiger partial charge in [-0.1, -0.05) is 27.7 Å². The van der Waals surface area contributed by atoms with E-state index < -0.39 is 5.54 Å². The van der Waals surface area contributed by atoms with Gasteiger partial charge >= 0.3 is 0 Å². The molecule has 0 rings (SSSR count). The molecule has 0 aliphatic carbocycles. The van der Waals surface area contributed by atoms with Crippen LogP contribution in [0.2, 0.25) is 0 Å². The minimum atomic E-state index is -0.454. The third-order valence-corrected chi connectivity index (χ3v) is 3.49. The van der Waals surface area contributed by atoms with Gasteiger partial charge in [-0.25, -0.2) is 0 Å². The number of likely N-dealkylation sites (N-methyl/N-ethyl adjacent to an activating group) is 1. The van der Waals surface area contributed by atoms with Crippen LogP contribution in [0.5, 0.6) is 0 Å². The van der Waals surface area contributed by atoms with Crippen molar-refractivity contribution in [2.75, 3.05) is 20.1 Å². The van der Waals surface area contributed by atoms with Crippen molar-refractivity contribution in [2.45, 2.75) is 59.5 Å². The highest BCUT2D eigenvalue weighted by atomic mass is 15.2. The largest absolute Gasteiger partial charge is 0.300 e. The highest BCUT2D eigenvalue weighted by Gasteiger charge is 2.30. The van der Waals surface area contributed by atoms with Gasteiger partial charge in [0, 0.05) is 12.6 Å². The normalized spacial score (nSPS) is 17.6. The van der Waals surface area contributed by atoms with Gasteiger partial charge in [0.1, 0.15) is 5.54 Å². The second-order valence-electron chi connectivity index (χ2n) is 6.33. The molecule has 0 radical (unpaired) electrons. The Kier molecular flexibility index (Phi) is 6.15. The summed E-state index contributed by atoms with van der Waals surface area (Å²) < 4.78 is 0. The van der Waals surface area contributed by atoms with Gasteiger partial charge in [-0.3, -0.25) is 5.32 Å². The van der Waals surface area contributed by atoms with Crippen molar-refractivity contribution in [2.24, 2.45) is 5.41 Å². The van der Waals surface area contributed by atoms with Crippen LogP contribution in [-0.2, 0) is 0 Å². The molecule has 3 heteroatoms. The first-order valence-corrected chi connectivity index (χ1v) is 6.53. The Bertz CT molecular complexity index is 262. The lowest BCUT2D eigenvalue weighted by molar-refractivity contribution is 0.120. The maximum atomic E-state index is 9.31. The Morgan fingerprint density at radius 3 is 2.18 bits per heavy atom. The van der Waals surface area contributed by atoms with Gasteiger partial charge in [0.15, 0.2) is 0 Å². The second-order valence-corrected chi connectivity index (χ2v) is 6.33. The molecular weight excluding hydrogens is 210 g/mol. The molecule has 0 aromatic heterocycles. The molecule has 2 atom stereocenters. The Labute approximate surface area is 107 Å². The van der Waals surface area contributed by atoms with E-state index in [9.17, 15) is 5.26 Å². The first kappa shape index (κ1) is 16.4. The Morgan fingerprint density at radius 1 is 1.29 bits per heavy atom. The highest BCUT2D eigenvalue weighted by molar-refractivity contribution is 5.06. The fourth-order valence-corrected chi connectivity index (χ4v) is 1.83. The molecule has 0 aromatic carbocycles. The summed E-state index contributed by atoms with van der Waals surface area (Å²) in [5.41, 5.74) is -0.222. The van der Waals surface area contributed by atoms with E-state index in [0.717, 1.165) is 19.5 Å². The van der Waals surface area contributed by atoms with E-state index in [2.05, 4.69) is 58.0 Å². The van der Waals surface area contributed by atoms with Gasteiger partial charge in [-0.15, -0.1) is 0 Å². The van der Waals surface area contributed by atoms with Gasteiger partial charge in [0.25, 0.3) is 0 Å². The second kappa shape index (κ2) is 6.37. The molecule has 0 saturated carbocycles. The van der Waals surface area contributed by atoms with Gasteiger partial charge in [0.05, 0.1) is 6.07 Å². The third kappa shape index (κ3) is 5.52. The first-order valence-electron chi connectivity index (χ1n) is 6.53. The zero-order chi connectivity index (χ0) is 13.7.